The van der Waals surface area contributed by atoms with Gasteiger partial charge in [0.25, 0.3) is 10.7 Å². The molecule has 2 aliphatic rings. The molecule has 35 heavy (non-hydrogen) atoms. The van der Waals surface area contributed by atoms with Crippen molar-refractivity contribution in [1.29, 1.82) is 0 Å². The van der Waals surface area contributed by atoms with Gasteiger partial charge in [0, 0.05) is 31.7 Å². The predicted molar refractivity (Wildman–Crippen MR) is 128 cm³/mol. The SMILES string of the molecule is COc1ccc(-c2nn(CN3CCN(C(=O)[C@H]4COc5ccccc5O4)CC3)c(=S)o2)cc1OC. The third kappa shape index (κ3) is 4.82. The zero-order valence-electron chi connectivity index (χ0n) is 19.5. The Morgan fingerprint density at radius 3 is 2.54 bits per heavy atom. The van der Waals surface area contributed by atoms with Crippen molar-refractivity contribution in [3.63, 3.8) is 0 Å². The van der Waals surface area contributed by atoms with Crippen molar-refractivity contribution < 1.29 is 28.2 Å². The quantitative estimate of drug-likeness (QED) is 0.476. The normalized spacial score (nSPS) is 17.8. The van der Waals surface area contributed by atoms with Crippen LogP contribution < -0.4 is 18.9 Å². The van der Waals surface area contributed by atoms with Crippen LogP contribution in [-0.4, -0.2) is 78.6 Å². The highest BCUT2D eigenvalue weighted by Crippen LogP contribution is 2.32. The number of carbonyl (C=O) groups is 1. The molecule has 0 saturated carbocycles. The van der Waals surface area contributed by atoms with E-state index in [4.69, 9.17) is 35.6 Å². The number of hydrogen-bond acceptors (Lipinski definition) is 9. The molecule has 0 spiro atoms. The maximum Gasteiger partial charge on any atom is 0.288 e. The number of rotatable bonds is 6. The van der Waals surface area contributed by atoms with Crippen molar-refractivity contribution in [2.45, 2.75) is 12.8 Å². The molecule has 1 amide bonds. The Kier molecular flexibility index (Phi) is 6.60. The smallest absolute Gasteiger partial charge is 0.288 e. The Morgan fingerprint density at radius 1 is 1.06 bits per heavy atom. The monoisotopic (exact) mass is 498 g/mol. The Bertz CT molecular complexity index is 1270. The second-order valence-electron chi connectivity index (χ2n) is 8.19. The van der Waals surface area contributed by atoms with Gasteiger partial charge in [-0.2, -0.15) is 0 Å². The number of amides is 1. The maximum absolute atomic E-state index is 13.0. The topological polar surface area (TPSA) is 91.4 Å². The van der Waals surface area contributed by atoms with Crippen LogP contribution in [0.15, 0.2) is 46.9 Å². The Hall–Kier alpha value is -3.57. The second-order valence-corrected chi connectivity index (χ2v) is 8.54. The van der Waals surface area contributed by atoms with Crippen LogP contribution in [0, 0.1) is 4.84 Å². The minimum atomic E-state index is -0.635. The Morgan fingerprint density at radius 2 is 1.80 bits per heavy atom. The second kappa shape index (κ2) is 9.96. The van der Waals surface area contributed by atoms with Gasteiger partial charge in [0.1, 0.15) is 6.61 Å². The largest absolute Gasteiger partial charge is 0.493 e. The van der Waals surface area contributed by atoms with Crippen molar-refractivity contribution in [3.8, 4) is 34.5 Å². The highest BCUT2D eigenvalue weighted by atomic mass is 32.1. The van der Waals surface area contributed by atoms with Crippen LogP contribution >= 0.6 is 12.2 Å². The van der Waals surface area contributed by atoms with E-state index >= 15 is 0 Å². The number of benzene rings is 2. The average Bonchev–Trinajstić information content (AvgIpc) is 3.27. The van der Waals surface area contributed by atoms with Crippen LogP contribution in [0.4, 0.5) is 0 Å². The van der Waals surface area contributed by atoms with E-state index in [0.29, 0.717) is 61.7 Å². The third-order valence-corrected chi connectivity index (χ3v) is 6.33. The first-order chi connectivity index (χ1) is 17.1. The molecule has 0 aliphatic carbocycles. The minimum Gasteiger partial charge on any atom is -0.493 e. The summed E-state index contributed by atoms with van der Waals surface area (Å²) in [6, 6.07) is 12.8. The molecule has 0 radical (unpaired) electrons. The molecule has 1 aromatic heterocycles. The zero-order valence-corrected chi connectivity index (χ0v) is 20.3. The molecule has 11 heteroatoms. The van der Waals surface area contributed by atoms with Crippen molar-refractivity contribution in [3.05, 3.63) is 47.3 Å². The molecular weight excluding hydrogens is 472 g/mol. The van der Waals surface area contributed by atoms with E-state index in [1.165, 1.54) is 0 Å². The van der Waals surface area contributed by atoms with E-state index in [1.54, 1.807) is 31.0 Å². The molecule has 0 unspecified atom stereocenters. The summed E-state index contributed by atoms with van der Waals surface area (Å²) < 4.78 is 29.6. The van der Waals surface area contributed by atoms with Crippen LogP contribution in [0.2, 0.25) is 0 Å². The highest BCUT2D eigenvalue weighted by Gasteiger charge is 2.32. The number of methoxy groups -OCH3 is 2. The number of hydrogen-bond donors (Lipinski definition) is 0. The molecule has 3 aromatic rings. The third-order valence-electron chi connectivity index (χ3n) is 6.04. The zero-order chi connectivity index (χ0) is 24.4. The molecule has 1 fully saturated rings. The number of carbonyl (C=O) groups excluding carboxylic acids is 1. The van der Waals surface area contributed by atoms with Gasteiger partial charge in [-0.1, -0.05) is 12.1 Å². The molecule has 1 atom stereocenters. The number of nitrogens with zero attached hydrogens (tertiary/aromatic N) is 4. The molecule has 1 saturated heterocycles. The van der Waals surface area contributed by atoms with Crippen molar-refractivity contribution in [2.24, 2.45) is 0 Å². The van der Waals surface area contributed by atoms with Crippen molar-refractivity contribution in [2.75, 3.05) is 47.0 Å². The molecule has 184 valence electrons. The maximum atomic E-state index is 13.0. The van der Waals surface area contributed by atoms with Gasteiger partial charge in [-0.25, -0.2) is 4.68 Å². The summed E-state index contributed by atoms with van der Waals surface area (Å²) in [5.74, 6) is 2.81. The van der Waals surface area contributed by atoms with E-state index in [9.17, 15) is 4.79 Å². The predicted octanol–water partition coefficient (Wildman–Crippen LogP) is 2.83. The molecule has 0 N–H and O–H groups in total. The van der Waals surface area contributed by atoms with Gasteiger partial charge >= 0.3 is 0 Å². The average molecular weight is 499 g/mol. The molecule has 10 nitrogen and oxygen atoms in total. The summed E-state index contributed by atoms with van der Waals surface area (Å²) in [6.07, 6.45) is -0.635. The van der Waals surface area contributed by atoms with Gasteiger partial charge in [0.15, 0.2) is 23.0 Å². The molecule has 5 rings (SSSR count). The number of piperazine rings is 1. The number of fused-ring (bicyclic) bond motifs is 1. The lowest BCUT2D eigenvalue weighted by Crippen LogP contribution is -2.54. The molecule has 2 aliphatic heterocycles. The van der Waals surface area contributed by atoms with Crippen molar-refractivity contribution >= 4 is 18.1 Å². The van der Waals surface area contributed by atoms with E-state index in [0.717, 1.165) is 5.56 Å². The first kappa shape index (κ1) is 23.2. The fourth-order valence-corrected chi connectivity index (χ4v) is 4.30. The van der Waals surface area contributed by atoms with Crippen LogP contribution in [0.3, 0.4) is 0 Å². The number of aromatic nitrogens is 2. The first-order valence-corrected chi connectivity index (χ1v) is 11.7. The molecule has 3 heterocycles. The Balaban J connectivity index is 1.19. The van der Waals surface area contributed by atoms with Gasteiger partial charge < -0.3 is 28.3 Å². The molecular formula is C24H26N4O6S. The first-order valence-electron chi connectivity index (χ1n) is 11.3. The summed E-state index contributed by atoms with van der Waals surface area (Å²) >= 11 is 5.39. The lowest BCUT2D eigenvalue weighted by Gasteiger charge is -2.36. The molecule has 0 bridgehead atoms. The van der Waals surface area contributed by atoms with Gasteiger partial charge in [-0.15, -0.1) is 5.10 Å². The van der Waals surface area contributed by atoms with Crippen LogP contribution in [-0.2, 0) is 11.5 Å². The highest BCUT2D eigenvalue weighted by molar-refractivity contribution is 7.71. The number of ether oxygens (including phenoxy) is 4. The van der Waals surface area contributed by atoms with Crippen molar-refractivity contribution in [1.82, 2.24) is 19.6 Å². The summed E-state index contributed by atoms with van der Waals surface area (Å²) in [7, 11) is 3.16. The van der Waals surface area contributed by atoms with E-state index in [-0.39, 0.29) is 17.4 Å². The van der Waals surface area contributed by atoms with Gasteiger partial charge in [0.2, 0.25) is 12.0 Å². The minimum absolute atomic E-state index is 0.0621. The van der Waals surface area contributed by atoms with Gasteiger partial charge in [-0.05, 0) is 42.5 Å². The standard InChI is InChI=1S/C24H26N4O6S/c1-30-17-8-7-16(13-20(17)31-2)22-25-28(24(35)34-22)15-26-9-11-27(12-10-26)23(29)21-14-32-18-5-3-4-6-19(18)33-21/h3-8,13,21H,9-12,14-15H2,1-2H3/t21-/m1/s1. The van der Waals surface area contributed by atoms with E-state index in [1.807, 2.05) is 35.2 Å². The van der Waals surface area contributed by atoms with Crippen LogP contribution in [0.1, 0.15) is 0 Å². The van der Waals surface area contributed by atoms with Crippen LogP contribution in [0.5, 0.6) is 23.0 Å². The van der Waals surface area contributed by atoms with E-state index in [2.05, 4.69) is 10.00 Å². The summed E-state index contributed by atoms with van der Waals surface area (Å²) in [6.45, 7) is 3.19. The lowest BCUT2D eigenvalue weighted by molar-refractivity contribution is -0.143. The fraction of sp³-hybridized carbons (Fsp3) is 0.375. The van der Waals surface area contributed by atoms with Crippen LogP contribution in [0.25, 0.3) is 11.5 Å². The lowest BCUT2D eigenvalue weighted by atomic mass is 10.2. The summed E-state index contributed by atoms with van der Waals surface area (Å²) in [5, 5.41) is 4.54. The van der Waals surface area contributed by atoms with Gasteiger partial charge in [0.05, 0.1) is 20.9 Å². The Labute approximate surface area is 207 Å². The summed E-state index contributed by atoms with van der Waals surface area (Å²) in [5.41, 5.74) is 0.735. The summed E-state index contributed by atoms with van der Waals surface area (Å²) in [4.78, 5) is 17.2. The molecule has 2 aromatic carbocycles. The van der Waals surface area contributed by atoms with Gasteiger partial charge in [-0.3, -0.25) is 9.69 Å². The number of para-hydroxylation sites is 2. The van der Waals surface area contributed by atoms with E-state index < -0.39 is 6.10 Å². The fourth-order valence-electron chi connectivity index (χ4n) is 4.13.